The zero-order valence-corrected chi connectivity index (χ0v) is 25.6. The van der Waals surface area contributed by atoms with Crippen LogP contribution in [0.25, 0.3) is 0 Å². The van der Waals surface area contributed by atoms with Crippen molar-refractivity contribution in [2.45, 2.75) is 52.1 Å². The minimum atomic E-state index is -4.13. The number of rotatable bonds is 11. The maximum absolute atomic E-state index is 14.0. The van der Waals surface area contributed by atoms with Crippen LogP contribution in [-0.4, -0.2) is 44.3 Å². The average molecular weight is 605 g/mol. The number of sulfonamides is 1. The van der Waals surface area contributed by atoms with E-state index in [0.29, 0.717) is 33.4 Å². The van der Waals surface area contributed by atoms with Gasteiger partial charge in [-0.1, -0.05) is 73.4 Å². The van der Waals surface area contributed by atoms with Gasteiger partial charge in [0.2, 0.25) is 11.8 Å². The number of hydrogen-bond acceptors (Lipinski definition) is 4. The van der Waals surface area contributed by atoms with Gasteiger partial charge in [-0.3, -0.25) is 13.9 Å². The van der Waals surface area contributed by atoms with Crippen molar-refractivity contribution in [2.75, 3.05) is 17.4 Å². The molecule has 3 rings (SSSR count). The molecule has 0 heterocycles. The number of benzene rings is 3. The molecule has 2 amide bonds. The molecule has 3 aromatic carbocycles. The van der Waals surface area contributed by atoms with Crippen LogP contribution in [0.2, 0.25) is 10.0 Å². The van der Waals surface area contributed by atoms with Crippen molar-refractivity contribution >= 4 is 50.7 Å². The van der Waals surface area contributed by atoms with E-state index in [1.165, 1.54) is 17.0 Å². The van der Waals surface area contributed by atoms with Gasteiger partial charge in [-0.15, -0.1) is 0 Å². The molecule has 1 N–H and O–H groups in total. The number of carbonyl (C=O) groups is 2. The van der Waals surface area contributed by atoms with Crippen molar-refractivity contribution in [3.8, 4) is 0 Å². The lowest BCUT2D eigenvalue weighted by atomic mass is 10.1. The van der Waals surface area contributed by atoms with Crippen LogP contribution in [0.3, 0.4) is 0 Å². The first-order valence-electron chi connectivity index (χ1n) is 13.0. The van der Waals surface area contributed by atoms with Crippen LogP contribution in [-0.2, 0) is 26.2 Å². The first-order valence-corrected chi connectivity index (χ1v) is 15.2. The van der Waals surface area contributed by atoms with Crippen molar-refractivity contribution in [3.63, 3.8) is 0 Å². The number of carbonyl (C=O) groups excluding carboxylic acids is 2. The lowest BCUT2D eigenvalue weighted by Gasteiger charge is -2.32. The summed E-state index contributed by atoms with van der Waals surface area (Å²) in [6, 6.07) is 17.5. The van der Waals surface area contributed by atoms with Gasteiger partial charge in [-0.2, -0.15) is 0 Å². The Balaban J connectivity index is 2.06. The fraction of sp³-hybridized carbons (Fsp3) is 0.333. The predicted molar refractivity (Wildman–Crippen MR) is 161 cm³/mol. The average Bonchev–Trinajstić information content (AvgIpc) is 2.92. The smallest absolute Gasteiger partial charge is 0.264 e. The molecule has 40 heavy (non-hydrogen) atoms. The molecule has 3 aromatic rings. The lowest BCUT2D eigenvalue weighted by molar-refractivity contribution is -0.139. The topological polar surface area (TPSA) is 86.8 Å². The molecule has 0 saturated carbocycles. The van der Waals surface area contributed by atoms with Gasteiger partial charge in [0.25, 0.3) is 10.0 Å². The van der Waals surface area contributed by atoms with E-state index < -0.39 is 28.5 Å². The molecule has 0 spiro atoms. The highest BCUT2D eigenvalue weighted by atomic mass is 35.5. The Bertz CT molecular complexity index is 1460. The van der Waals surface area contributed by atoms with Crippen molar-refractivity contribution in [1.82, 2.24) is 10.2 Å². The van der Waals surface area contributed by atoms with E-state index in [1.807, 2.05) is 32.9 Å². The second kappa shape index (κ2) is 13.5. The fourth-order valence-electron chi connectivity index (χ4n) is 4.09. The molecule has 0 unspecified atom stereocenters. The van der Waals surface area contributed by atoms with Crippen molar-refractivity contribution < 1.29 is 18.0 Å². The molecule has 0 aromatic heterocycles. The molecule has 0 radical (unpaired) electrons. The van der Waals surface area contributed by atoms with Gasteiger partial charge in [0, 0.05) is 13.1 Å². The van der Waals surface area contributed by atoms with Crippen molar-refractivity contribution in [2.24, 2.45) is 5.92 Å². The molecule has 0 bridgehead atoms. The Hall–Kier alpha value is -3.07. The SMILES string of the molecule is Cc1ccc(C)c(N(CC(=O)N(Cc2ccc(Cl)c(Cl)c2)[C@@H](C)C(=O)NCC(C)C)S(=O)(=O)c2ccccc2)c1. The molecule has 1 atom stereocenters. The van der Waals surface area contributed by atoms with E-state index >= 15 is 0 Å². The van der Waals surface area contributed by atoms with E-state index in [2.05, 4.69) is 5.32 Å². The van der Waals surface area contributed by atoms with Gasteiger partial charge in [0.05, 0.1) is 20.6 Å². The molecular formula is C30H35Cl2N3O4S. The van der Waals surface area contributed by atoms with Gasteiger partial charge in [-0.05, 0) is 73.7 Å². The zero-order chi connectivity index (χ0) is 29.6. The Morgan fingerprint density at radius 2 is 1.57 bits per heavy atom. The number of aryl methyl sites for hydroxylation is 2. The number of nitrogens with one attached hydrogen (secondary N) is 1. The predicted octanol–water partition coefficient (Wildman–Crippen LogP) is 6.00. The third kappa shape index (κ3) is 7.77. The highest BCUT2D eigenvalue weighted by Gasteiger charge is 2.33. The van der Waals surface area contributed by atoms with E-state index in [1.54, 1.807) is 56.3 Å². The van der Waals surface area contributed by atoms with Gasteiger partial charge >= 0.3 is 0 Å². The maximum Gasteiger partial charge on any atom is 0.264 e. The third-order valence-corrected chi connectivity index (χ3v) is 8.95. The summed E-state index contributed by atoms with van der Waals surface area (Å²) in [5.41, 5.74) is 2.58. The summed E-state index contributed by atoms with van der Waals surface area (Å²) in [4.78, 5) is 28.5. The Morgan fingerprint density at radius 3 is 2.20 bits per heavy atom. The first kappa shape index (κ1) is 31.5. The molecule has 0 saturated heterocycles. The van der Waals surface area contributed by atoms with Gasteiger partial charge in [-0.25, -0.2) is 8.42 Å². The molecular weight excluding hydrogens is 569 g/mol. The fourth-order valence-corrected chi connectivity index (χ4v) is 5.90. The monoisotopic (exact) mass is 603 g/mol. The Kier molecular flexibility index (Phi) is 10.6. The van der Waals surface area contributed by atoms with Crippen LogP contribution in [0.4, 0.5) is 5.69 Å². The summed E-state index contributed by atoms with van der Waals surface area (Å²) in [6.07, 6.45) is 0. The quantitative estimate of drug-likeness (QED) is 0.291. The molecule has 0 fully saturated rings. The summed E-state index contributed by atoms with van der Waals surface area (Å²) in [6.45, 7) is 9.18. The van der Waals surface area contributed by atoms with Crippen LogP contribution in [0.5, 0.6) is 0 Å². The Labute approximate surface area is 247 Å². The van der Waals surface area contributed by atoms with Crippen LogP contribution >= 0.6 is 23.2 Å². The molecule has 214 valence electrons. The first-order chi connectivity index (χ1) is 18.8. The minimum absolute atomic E-state index is 0.0258. The maximum atomic E-state index is 14.0. The second-order valence-corrected chi connectivity index (χ2v) is 12.9. The summed E-state index contributed by atoms with van der Waals surface area (Å²) in [5.74, 6) is -0.670. The van der Waals surface area contributed by atoms with Crippen molar-refractivity contribution in [1.29, 1.82) is 0 Å². The number of nitrogens with zero attached hydrogens (tertiary/aromatic N) is 2. The normalized spacial score (nSPS) is 12.2. The third-order valence-electron chi connectivity index (χ3n) is 6.43. The molecule has 0 aliphatic heterocycles. The van der Waals surface area contributed by atoms with Crippen LogP contribution < -0.4 is 9.62 Å². The second-order valence-electron chi connectivity index (χ2n) is 10.2. The number of anilines is 1. The van der Waals surface area contributed by atoms with Crippen molar-refractivity contribution in [3.05, 3.63) is 93.5 Å². The Morgan fingerprint density at radius 1 is 0.900 bits per heavy atom. The van der Waals surface area contributed by atoms with E-state index in [0.717, 1.165) is 9.87 Å². The highest BCUT2D eigenvalue weighted by molar-refractivity contribution is 7.92. The zero-order valence-electron chi connectivity index (χ0n) is 23.3. The van der Waals surface area contributed by atoms with Crippen LogP contribution in [0, 0.1) is 19.8 Å². The van der Waals surface area contributed by atoms with E-state index in [-0.39, 0.29) is 23.3 Å². The van der Waals surface area contributed by atoms with E-state index in [9.17, 15) is 18.0 Å². The van der Waals surface area contributed by atoms with Crippen LogP contribution in [0.15, 0.2) is 71.6 Å². The minimum Gasteiger partial charge on any atom is -0.354 e. The lowest BCUT2D eigenvalue weighted by Crippen LogP contribution is -2.51. The molecule has 0 aliphatic carbocycles. The number of amides is 2. The highest BCUT2D eigenvalue weighted by Crippen LogP contribution is 2.29. The number of halogens is 2. The summed E-state index contributed by atoms with van der Waals surface area (Å²) in [7, 11) is -4.13. The van der Waals surface area contributed by atoms with Gasteiger partial charge < -0.3 is 10.2 Å². The number of hydrogen-bond donors (Lipinski definition) is 1. The molecule has 0 aliphatic rings. The molecule has 7 nitrogen and oxygen atoms in total. The largest absolute Gasteiger partial charge is 0.354 e. The van der Waals surface area contributed by atoms with E-state index in [4.69, 9.17) is 23.2 Å². The van der Waals surface area contributed by atoms with Gasteiger partial charge in [0.15, 0.2) is 0 Å². The summed E-state index contributed by atoms with van der Waals surface area (Å²) in [5, 5.41) is 3.54. The molecule has 10 heteroatoms. The van der Waals surface area contributed by atoms with Crippen LogP contribution in [0.1, 0.15) is 37.5 Å². The summed E-state index contributed by atoms with van der Waals surface area (Å²) >= 11 is 12.3. The van der Waals surface area contributed by atoms with Gasteiger partial charge in [0.1, 0.15) is 12.6 Å². The standard InChI is InChI=1S/C30H35Cl2N3O4S/c1-20(2)17-33-30(37)23(5)34(18-24-13-14-26(31)27(32)16-24)29(36)19-35(28-15-21(3)11-12-22(28)4)40(38,39)25-9-7-6-8-10-25/h6-16,20,23H,17-19H2,1-5H3,(H,33,37)/t23-/m0/s1. The summed E-state index contributed by atoms with van der Waals surface area (Å²) < 4.78 is 29.0.